The maximum absolute atomic E-state index is 14.0. The quantitative estimate of drug-likeness (QED) is 0.430. The molecule has 2 aromatic carbocycles. The summed E-state index contributed by atoms with van der Waals surface area (Å²) in [5.41, 5.74) is -4.07. The van der Waals surface area contributed by atoms with Gasteiger partial charge in [-0.25, -0.2) is 9.59 Å². The average molecular weight is 517 g/mol. The largest absolute Gasteiger partial charge is 0.478 e. The lowest BCUT2D eigenvalue weighted by atomic mass is 10.1. The fraction of sp³-hybridized carbons (Fsp3) is 0.158. The second-order valence-corrected chi connectivity index (χ2v) is 9.28. The number of halogens is 3. The van der Waals surface area contributed by atoms with E-state index >= 15 is 0 Å². The molecule has 0 saturated heterocycles. The minimum atomic E-state index is -5.73. The van der Waals surface area contributed by atoms with Gasteiger partial charge in [-0.1, -0.05) is 40.2 Å². The Labute approximate surface area is 182 Å². The summed E-state index contributed by atoms with van der Waals surface area (Å²) >= 11 is 2.93. The summed E-state index contributed by atoms with van der Waals surface area (Å²) < 4.78 is 41.7. The number of carboxylic acid groups (broad SMARTS) is 1. The number of aryl methyl sites for hydroxylation is 1. The van der Waals surface area contributed by atoms with Crippen molar-refractivity contribution in [2.45, 2.75) is 12.2 Å². The Morgan fingerprint density at radius 2 is 1.77 bits per heavy atom. The summed E-state index contributed by atoms with van der Waals surface area (Å²) in [5.74, 6) is -1.09. The summed E-state index contributed by atoms with van der Waals surface area (Å²) in [6.45, 7) is -0.0178. The Morgan fingerprint density at radius 3 is 2.29 bits per heavy atom. The van der Waals surface area contributed by atoms with Crippen LogP contribution >= 0.6 is 23.5 Å². The van der Waals surface area contributed by atoms with Crippen molar-refractivity contribution >= 4 is 29.5 Å². The van der Waals surface area contributed by atoms with Crippen LogP contribution in [-0.2, 0) is 23.8 Å². The van der Waals surface area contributed by atoms with E-state index in [0.717, 1.165) is 6.07 Å². The molecule has 3 N–H and O–H groups in total. The molecular formula is C19H16BrF2N2O6P. The van der Waals surface area contributed by atoms with Crippen LogP contribution in [0, 0.1) is 0 Å². The third-order valence-corrected chi connectivity index (χ3v) is 6.26. The average Bonchev–Trinajstić information content (AvgIpc) is 2.95. The lowest BCUT2D eigenvalue weighted by Gasteiger charge is -2.19. The molecule has 1 heterocycles. The first-order valence-corrected chi connectivity index (χ1v) is 11.1. The van der Waals surface area contributed by atoms with Crippen LogP contribution in [0.1, 0.15) is 21.5 Å². The molecule has 1 aromatic heterocycles. The Kier molecular flexibility index (Phi) is 6.07. The zero-order chi connectivity index (χ0) is 23.1. The normalized spacial score (nSPS) is 12.2. The number of aromatic carboxylic acids is 1. The van der Waals surface area contributed by atoms with Crippen LogP contribution in [0.5, 0.6) is 0 Å². The molecule has 8 nitrogen and oxygen atoms in total. The molecule has 0 bridgehead atoms. The Hall–Kier alpha value is -2.59. The van der Waals surface area contributed by atoms with Crippen LogP contribution in [0.15, 0.2) is 57.9 Å². The van der Waals surface area contributed by atoms with Gasteiger partial charge in [0.05, 0.1) is 17.8 Å². The Morgan fingerprint density at radius 1 is 1.16 bits per heavy atom. The van der Waals surface area contributed by atoms with Gasteiger partial charge in [-0.2, -0.15) is 8.78 Å². The number of aromatic nitrogens is 2. The van der Waals surface area contributed by atoms with Crippen molar-refractivity contribution < 1.29 is 33.0 Å². The maximum Gasteiger partial charge on any atom is 0.399 e. The topological polar surface area (TPSA) is 122 Å². The van der Waals surface area contributed by atoms with Crippen LogP contribution in [0.3, 0.4) is 0 Å². The van der Waals surface area contributed by atoms with Crippen LogP contribution in [-0.4, -0.2) is 30.0 Å². The second-order valence-electron chi connectivity index (χ2n) is 6.78. The third-order valence-electron chi connectivity index (χ3n) is 4.63. The van der Waals surface area contributed by atoms with E-state index in [9.17, 15) is 22.9 Å². The number of rotatable bonds is 6. The molecule has 0 atom stereocenters. The molecule has 0 aliphatic carbocycles. The Bertz CT molecular complexity index is 1260. The zero-order valence-corrected chi connectivity index (χ0v) is 18.3. The molecule has 0 spiro atoms. The summed E-state index contributed by atoms with van der Waals surface area (Å²) in [7, 11) is -4.19. The molecule has 3 rings (SSSR count). The smallest absolute Gasteiger partial charge is 0.399 e. The van der Waals surface area contributed by atoms with Gasteiger partial charge in [-0.05, 0) is 29.3 Å². The van der Waals surface area contributed by atoms with Crippen molar-refractivity contribution in [2.24, 2.45) is 7.05 Å². The van der Waals surface area contributed by atoms with Gasteiger partial charge in [0, 0.05) is 23.3 Å². The van der Waals surface area contributed by atoms with Crippen molar-refractivity contribution in [3.8, 4) is 11.3 Å². The van der Waals surface area contributed by atoms with Gasteiger partial charge < -0.3 is 19.5 Å². The van der Waals surface area contributed by atoms with Gasteiger partial charge >= 0.3 is 24.9 Å². The van der Waals surface area contributed by atoms with Gasteiger partial charge in [-0.3, -0.25) is 9.13 Å². The molecule has 0 unspecified atom stereocenters. The first-order valence-electron chi connectivity index (χ1n) is 8.65. The van der Waals surface area contributed by atoms with E-state index in [-0.39, 0.29) is 16.6 Å². The molecule has 164 valence electrons. The highest BCUT2D eigenvalue weighted by Gasteiger charge is 2.51. The third kappa shape index (κ3) is 4.40. The summed E-state index contributed by atoms with van der Waals surface area (Å²) in [6.07, 6.45) is 1.56. The molecule has 0 aliphatic rings. The maximum atomic E-state index is 14.0. The molecule has 0 fully saturated rings. The highest BCUT2D eigenvalue weighted by molar-refractivity contribution is 9.10. The lowest BCUT2D eigenvalue weighted by Crippen LogP contribution is -2.23. The number of nitrogens with zero attached hydrogens (tertiary/aromatic N) is 2. The number of hydrogen-bond acceptors (Lipinski definition) is 3. The van der Waals surface area contributed by atoms with Crippen molar-refractivity contribution in [1.29, 1.82) is 0 Å². The van der Waals surface area contributed by atoms with Gasteiger partial charge in [-0.15, -0.1) is 0 Å². The summed E-state index contributed by atoms with van der Waals surface area (Å²) in [5, 5.41) is 9.03. The van der Waals surface area contributed by atoms with Crippen molar-refractivity contribution in [3.63, 3.8) is 0 Å². The van der Waals surface area contributed by atoms with Gasteiger partial charge in [0.25, 0.3) is 0 Å². The number of carboxylic acids is 1. The van der Waals surface area contributed by atoms with E-state index in [2.05, 4.69) is 15.9 Å². The zero-order valence-electron chi connectivity index (χ0n) is 15.9. The number of alkyl halides is 2. The highest BCUT2D eigenvalue weighted by atomic mass is 79.9. The molecule has 0 radical (unpaired) electrons. The van der Waals surface area contributed by atoms with E-state index < -0.39 is 30.5 Å². The fourth-order valence-corrected chi connectivity index (χ4v) is 4.35. The van der Waals surface area contributed by atoms with Crippen molar-refractivity contribution in [3.05, 3.63) is 80.3 Å². The van der Waals surface area contributed by atoms with Crippen LogP contribution in [0.25, 0.3) is 11.3 Å². The van der Waals surface area contributed by atoms with E-state index in [0.29, 0.717) is 16.8 Å². The van der Waals surface area contributed by atoms with Crippen LogP contribution in [0.2, 0.25) is 0 Å². The monoisotopic (exact) mass is 516 g/mol. The van der Waals surface area contributed by atoms with Crippen LogP contribution < -0.4 is 5.69 Å². The molecule has 3 aromatic rings. The first-order chi connectivity index (χ1) is 14.3. The molecule has 0 aliphatic heterocycles. The first kappa shape index (κ1) is 23.1. The number of carbonyl (C=O) groups is 1. The van der Waals surface area contributed by atoms with Crippen molar-refractivity contribution in [2.75, 3.05) is 0 Å². The second kappa shape index (κ2) is 8.16. The fourth-order valence-electron chi connectivity index (χ4n) is 3.01. The Balaban J connectivity index is 2.01. The van der Waals surface area contributed by atoms with E-state index in [1.807, 2.05) is 0 Å². The van der Waals surface area contributed by atoms with Crippen LogP contribution in [0.4, 0.5) is 8.78 Å². The number of imidazole rings is 1. The molecular weight excluding hydrogens is 501 g/mol. The van der Waals surface area contributed by atoms with Gasteiger partial charge in [0.15, 0.2) is 0 Å². The van der Waals surface area contributed by atoms with Crippen molar-refractivity contribution in [1.82, 2.24) is 9.13 Å². The molecule has 12 heteroatoms. The number of hydrogen-bond donors (Lipinski definition) is 3. The predicted octanol–water partition coefficient (Wildman–Crippen LogP) is 3.59. The van der Waals surface area contributed by atoms with Gasteiger partial charge in [0.1, 0.15) is 0 Å². The molecule has 0 amide bonds. The standard InChI is InChI=1S/C19H16BrF2N2O6P/c1-23-10-16(12-3-5-13(6-4-12)17(25)26)24(18(23)27)9-11-2-7-14(15(20)8-11)19(21,22)31(28,29)30/h2-8,10H,9H2,1H3,(H,25,26)(H2,28,29,30). The molecule has 0 saturated carbocycles. The van der Waals surface area contributed by atoms with Gasteiger partial charge in [0.2, 0.25) is 0 Å². The minimum absolute atomic E-state index is 0.0178. The van der Waals surface area contributed by atoms with E-state index in [4.69, 9.17) is 14.9 Å². The summed E-state index contributed by atoms with van der Waals surface area (Å²) in [6, 6.07) is 9.30. The highest BCUT2D eigenvalue weighted by Crippen LogP contribution is 2.60. The lowest BCUT2D eigenvalue weighted by molar-refractivity contribution is 0.0557. The SMILES string of the molecule is Cn1cc(-c2ccc(C(=O)O)cc2)n(Cc2ccc(C(F)(F)P(=O)(O)O)c(Br)c2)c1=O. The van der Waals surface area contributed by atoms with E-state index in [1.165, 1.54) is 40.4 Å². The predicted molar refractivity (Wildman–Crippen MR) is 111 cm³/mol. The molecule has 31 heavy (non-hydrogen) atoms. The minimum Gasteiger partial charge on any atom is -0.478 e. The summed E-state index contributed by atoms with van der Waals surface area (Å²) in [4.78, 5) is 41.5. The van der Waals surface area contributed by atoms with E-state index in [1.54, 1.807) is 18.3 Å². The number of benzene rings is 2.